The molecular formula is C27H34N6O3. The molecule has 0 aliphatic carbocycles. The summed E-state index contributed by atoms with van der Waals surface area (Å²) in [7, 11) is 5.56. The fraction of sp³-hybridized carbons (Fsp3) is 0.444. The molecule has 0 saturated carbocycles. The van der Waals surface area contributed by atoms with Crippen molar-refractivity contribution in [3.8, 4) is 5.75 Å². The van der Waals surface area contributed by atoms with Gasteiger partial charge in [-0.15, -0.1) is 0 Å². The van der Waals surface area contributed by atoms with Crippen molar-refractivity contribution in [2.24, 2.45) is 7.05 Å². The van der Waals surface area contributed by atoms with Crippen molar-refractivity contribution >= 4 is 39.7 Å². The van der Waals surface area contributed by atoms with Crippen LogP contribution in [0.1, 0.15) is 25.3 Å². The van der Waals surface area contributed by atoms with Gasteiger partial charge >= 0.3 is 0 Å². The van der Waals surface area contributed by atoms with E-state index in [9.17, 15) is 9.59 Å². The van der Waals surface area contributed by atoms with E-state index in [0.717, 1.165) is 72.8 Å². The van der Waals surface area contributed by atoms with Crippen molar-refractivity contribution in [1.82, 2.24) is 14.9 Å². The number of methoxy groups -OCH3 is 1. The minimum Gasteiger partial charge on any atom is -0.497 e. The minimum atomic E-state index is -0.00844. The van der Waals surface area contributed by atoms with Gasteiger partial charge in [0.05, 0.1) is 35.9 Å². The molecule has 1 N–H and O–H groups in total. The monoisotopic (exact) mass is 490 g/mol. The maximum Gasteiger partial charge on any atom is 0.253 e. The third kappa shape index (κ3) is 4.23. The Morgan fingerprint density at radius 3 is 2.64 bits per heavy atom. The smallest absolute Gasteiger partial charge is 0.253 e. The van der Waals surface area contributed by atoms with Crippen LogP contribution in [0, 0.1) is 6.92 Å². The summed E-state index contributed by atoms with van der Waals surface area (Å²) < 4.78 is 7.31. The zero-order chi connectivity index (χ0) is 25.6. The molecule has 0 radical (unpaired) electrons. The number of aromatic nitrogens is 2. The first-order valence-electron chi connectivity index (χ1n) is 12.5. The van der Waals surface area contributed by atoms with Crippen LogP contribution in [0.25, 0.3) is 10.9 Å². The van der Waals surface area contributed by atoms with E-state index >= 15 is 0 Å². The predicted octanol–water partition coefficient (Wildman–Crippen LogP) is 2.94. The van der Waals surface area contributed by atoms with Crippen molar-refractivity contribution < 1.29 is 9.53 Å². The van der Waals surface area contributed by atoms with Crippen LogP contribution in [0.3, 0.4) is 0 Å². The summed E-state index contributed by atoms with van der Waals surface area (Å²) in [6.07, 6.45) is 3.95. The fourth-order valence-electron chi connectivity index (χ4n) is 5.46. The molecule has 2 aromatic heterocycles. The van der Waals surface area contributed by atoms with Gasteiger partial charge < -0.3 is 29.3 Å². The Kier molecular flexibility index (Phi) is 6.24. The Morgan fingerprint density at radius 1 is 1.08 bits per heavy atom. The third-order valence-electron chi connectivity index (χ3n) is 7.36. The summed E-state index contributed by atoms with van der Waals surface area (Å²) in [5.41, 5.74) is 4.65. The van der Waals surface area contributed by atoms with Gasteiger partial charge in [0.25, 0.3) is 5.56 Å². The van der Waals surface area contributed by atoms with Gasteiger partial charge in [0.1, 0.15) is 11.6 Å². The van der Waals surface area contributed by atoms with Gasteiger partial charge in [-0.3, -0.25) is 9.59 Å². The average Bonchev–Trinajstić information content (AvgIpc) is 2.87. The Bertz CT molecular complexity index is 1380. The number of fused-ring (bicyclic) bond motifs is 2. The zero-order valence-electron chi connectivity index (χ0n) is 21.7. The lowest BCUT2D eigenvalue weighted by atomic mass is 10.0. The van der Waals surface area contributed by atoms with E-state index in [0.29, 0.717) is 11.3 Å². The third-order valence-corrected chi connectivity index (χ3v) is 7.36. The van der Waals surface area contributed by atoms with Crippen LogP contribution in [0.5, 0.6) is 5.75 Å². The SMILES string of the molecule is COc1cc(N2CCN(C)c3cc(N4CCCC(NC(C)=O)C4)ncc32)c2cc(C)c(=O)n(C)c2c1. The summed E-state index contributed by atoms with van der Waals surface area (Å²) in [5, 5.41) is 4.06. The lowest BCUT2D eigenvalue weighted by Crippen LogP contribution is -2.47. The van der Waals surface area contributed by atoms with E-state index < -0.39 is 0 Å². The summed E-state index contributed by atoms with van der Waals surface area (Å²) in [4.78, 5) is 35.9. The number of amides is 1. The first-order chi connectivity index (χ1) is 17.3. The Hall–Kier alpha value is -3.75. The van der Waals surface area contributed by atoms with Gasteiger partial charge in [0.15, 0.2) is 0 Å². The molecule has 2 aliphatic heterocycles. The summed E-state index contributed by atoms with van der Waals surface area (Å²) in [6.45, 7) is 6.73. The standard InChI is InChI=1S/C27H34N6O3/c1-17-11-21-22(31(4)27(17)35)12-20(36-5)13-23(21)33-10-9-30(3)24-14-26(28-15-25(24)33)32-8-6-7-19(16-32)29-18(2)34/h11-15,19H,6-10,16H2,1-5H3,(H,29,34). The highest BCUT2D eigenvalue weighted by molar-refractivity contribution is 5.98. The molecular weight excluding hydrogens is 456 g/mol. The van der Waals surface area contributed by atoms with Crippen molar-refractivity contribution in [3.05, 3.63) is 46.4 Å². The second-order valence-corrected chi connectivity index (χ2v) is 9.86. The average molecular weight is 491 g/mol. The number of hydrogen-bond donors (Lipinski definition) is 1. The first-order valence-corrected chi connectivity index (χ1v) is 12.5. The minimum absolute atomic E-state index is 0.00822. The molecule has 9 nitrogen and oxygen atoms in total. The number of benzene rings is 1. The zero-order valence-corrected chi connectivity index (χ0v) is 21.7. The van der Waals surface area contributed by atoms with Crippen molar-refractivity contribution in [2.75, 3.05) is 55.0 Å². The van der Waals surface area contributed by atoms with Crippen LogP contribution < -0.4 is 30.3 Å². The first kappa shape index (κ1) is 24.0. The fourth-order valence-corrected chi connectivity index (χ4v) is 5.46. The molecule has 1 unspecified atom stereocenters. The molecule has 3 aromatic rings. The number of nitrogens with zero attached hydrogens (tertiary/aromatic N) is 5. The number of ether oxygens (including phenoxy) is 1. The number of carbonyl (C=O) groups is 1. The van der Waals surface area contributed by atoms with Crippen LogP contribution in [0.15, 0.2) is 35.3 Å². The summed E-state index contributed by atoms with van der Waals surface area (Å²) in [6, 6.07) is 8.22. The molecule has 1 fully saturated rings. The highest BCUT2D eigenvalue weighted by Crippen LogP contribution is 2.42. The lowest BCUT2D eigenvalue weighted by molar-refractivity contribution is -0.119. The second-order valence-electron chi connectivity index (χ2n) is 9.86. The number of carbonyl (C=O) groups excluding carboxylic acids is 1. The van der Waals surface area contributed by atoms with Crippen LogP contribution in [0.2, 0.25) is 0 Å². The van der Waals surface area contributed by atoms with Gasteiger partial charge in [-0.05, 0) is 25.8 Å². The van der Waals surface area contributed by atoms with E-state index in [4.69, 9.17) is 9.72 Å². The molecule has 0 bridgehead atoms. The van der Waals surface area contributed by atoms with E-state index in [1.165, 1.54) is 0 Å². The van der Waals surface area contributed by atoms with E-state index in [-0.39, 0.29) is 17.5 Å². The summed E-state index contributed by atoms with van der Waals surface area (Å²) in [5.74, 6) is 1.64. The Labute approximate surface area is 211 Å². The maximum atomic E-state index is 12.6. The van der Waals surface area contributed by atoms with Crippen molar-refractivity contribution in [3.63, 3.8) is 0 Å². The van der Waals surface area contributed by atoms with E-state index in [1.54, 1.807) is 25.6 Å². The molecule has 2 aliphatic rings. The topological polar surface area (TPSA) is 82.9 Å². The molecule has 190 valence electrons. The Balaban J connectivity index is 1.57. The molecule has 36 heavy (non-hydrogen) atoms. The normalized spacial score (nSPS) is 17.8. The number of nitrogens with one attached hydrogen (secondary N) is 1. The van der Waals surface area contributed by atoms with Crippen LogP contribution in [0.4, 0.5) is 22.9 Å². The molecule has 1 aromatic carbocycles. The Morgan fingerprint density at radius 2 is 1.89 bits per heavy atom. The lowest BCUT2D eigenvalue weighted by Gasteiger charge is -2.39. The van der Waals surface area contributed by atoms with Crippen molar-refractivity contribution in [1.29, 1.82) is 0 Å². The molecule has 5 rings (SSSR count). The quantitative estimate of drug-likeness (QED) is 0.602. The molecule has 1 atom stereocenters. The highest BCUT2D eigenvalue weighted by atomic mass is 16.5. The number of aryl methyl sites for hydroxylation is 2. The van der Waals surface area contributed by atoms with Crippen LogP contribution >= 0.6 is 0 Å². The predicted molar refractivity (Wildman–Crippen MR) is 144 cm³/mol. The van der Waals surface area contributed by atoms with Gasteiger partial charge in [0.2, 0.25) is 5.91 Å². The molecule has 1 saturated heterocycles. The maximum absolute atomic E-state index is 12.6. The van der Waals surface area contributed by atoms with Crippen LogP contribution in [-0.2, 0) is 11.8 Å². The molecule has 1 amide bonds. The number of rotatable bonds is 4. The number of anilines is 4. The number of likely N-dealkylation sites (N-methyl/N-ethyl adjacent to an activating group) is 1. The van der Waals surface area contributed by atoms with Gasteiger partial charge in [0, 0.05) is 82.4 Å². The van der Waals surface area contributed by atoms with Gasteiger partial charge in [-0.1, -0.05) is 0 Å². The number of pyridine rings is 2. The largest absolute Gasteiger partial charge is 0.497 e. The number of piperidine rings is 1. The van der Waals surface area contributed by atoms with E-state index in [1.807, 2.05) is 31.3 Å². The molecule has 9 heteroatoms. The van der Waals surface area contributed by atoms with Crippen molar-refractivity contribution in [2.45, 2.75) is 32.7 Å². The summed E-state index contributed by atoms with van der Waals surface area (Å²) >= 11 is 0. The highest BCUT2D eigenvalue weighted by Gasteiger charge is 2.27. The second kappa shape index (κ2) is 9.37. The van der Waals surface area contributed by atoms with Crippen LogP contribution in [-0.4, -0.2) is 61.8 Å². The number of hydrogen-bond acceptors (Lipinski definition) is 7. The molecule has 4 heterocycles. The van der Waals surface area contributed by atoms with E-state index in [2.05, 4.69) is 33.1 Å². The van der Waals surface area contributed by atoms with Gasteiger partial charge in [-0.2, -0.15) is 0 Å². The molecule has 0 spiro atoms. The van der Waals surface area contributed by atoms with Gasteiger partial charge in [-0.25, -0.2) is 4.98 Å².